The highest BCUT2D eigenvalue weighted by Gasteiger charge is 2.41. The zero-order valence-corrected chi connectivity index (χ0v) is 13.1. The molecule has 21 heavy (non-hydrogen) atoms. The van der Waals surface area contributed by atoms with Crippen molar-refractivity contribution in [2.24, 2.45) is 17.8 Å². The fraction of sp³-hybridized carbons (Fsp3) is 0.579. The Hall–Kier alpha value is -1.28. The van der Waals surface area contributed by atoms with Crippen molar-refractivity contribution in [1.29, 1.82) is 0 Å². The molecule has 0 saturated heterocycles. The van der Waals surface area contributed by atoms with Crippen LogP contribution in [0.25, 0.3) is 11.0 Å². The second-order valence-corrected chi connectivity index (χ2v) is 7.06. The summed E-state index contributed by atoms with van der Waals surface area (Å²) < 4.78 is 6.08. The van der Waals surface area contributed by atoms with Gasteiger partial charge in [-0.1, -0.05) is 18.2 Å². The smallest absolute Gasteiger partial charge is 0.134 e. The molecule has 0 amide bonds. The quantitative estimate of drug-likeness (QED) is 0.821. The van der Waals surface area contributed by atoms with E-state index in [1.807, 2.05) is 6.07 Å². The number of para-hydroxylation sites is 1. The van der Waals surface area contributed by atoms with Gasteiger partial charge in [-0.05, 0) is 75.5 Å². The van der Waals surface area contributed by atoms with Gasteiger partial charge in [-0.2, -0.15) is 0 Å². The van der Waals surface area contributed by atoms with Crippen molar-refractivity contribution in [3.63, 3.8) is 0 Å². The number of fused-ring (bicyclic) bond motifs is 1. The van der Waals surface area contributed by atoms with Crippen molar-refractivity contribution < 1.29 is 4.42 Å². The number of hydrogen-bond donors (Lipinski definition) is 1. The lowest BCUT2D eigenvalue weighted by Gasteiger charge is -2.19. The average molecular weight is 283 g/mol. The molecule has 0 spiro atoms. The molecule has 0 radical (unpaired) electrons. The fourth-order valence-corrected chi connectivity index (χ4v) is 3.78. The molecule has 1 N–H and O–H groups in total. The van der Waals surface area contributed by atoms with Crippen LogP contribution in [0.4, 0.5) is 0 Å². The van der Waals surface area contributed by atoms with Crippen molar-refractivity contribution in [3.8, 4) is 0 Å². The minimum atomic E-state index is 0.303. The molecule has 4 rings (SSSR count). The maximum atomic E-state index is 6.08. The number of furan rings is 1. The molecule has 2 aliphatic carbocycles. The van der Waals surface area contributed by atoms with Crippen LogP contribution in [0.1, 0.15) is 50.0 Å². The van der Waals surface area contributed by atoms with Crippen LogP contribution in [0.2, 0.25) is 0 Å². The monoisotopic (exact) mass is 283 g/mol. The second kappa shape index (κ2) is 5.17. The molecule has 1 atom stereocenters. The highest BCUT2D eigenvalue weighted by molar-refractivity contribution is 5.82. The van der Waals surface area contributed by atoms with Crippen LogP contribution in [-0.2, 0) is 0 Å². The van der Waals surface area contributed by atoms with Crippen molar-refractivity contribution in [1.82, 2.24) is 5.32 Å². The first kappa shape index (κ1) is 13.4. The molecule has 2 fully saturated rings. The van der Waals surface area contributed by atoms with Crippen LogP contribution in [-0.4, -0.2) is 6.54 Å². The summed E-state index contributed by atoms with van der Waals surface area (Å²) in [6.07, 6.45) is 5.84. The van der Waals surface area contributed by atoms with Gasteiger partial charge in [-0.3, -0.25) is 0 Å². The molecule has 2 heteroatoms. The Morgan fingerprint density at radius 3 is 2.43 bits per heavy atom. The lowest BCUT2D eigenvalue weighted by molar-refractivity contribution is 0.345. The molecule has 1 unspecified atom stereocenters. The van der Waals surface area contributed by atoms with Crippen LogP contribution >= 0.6 is 0 Å². The zero-order chi connectivity index (χ0) is 14.4. The summed E-state index contributed by atoms with van der Waals surface area (Å²) in [7, 11) is 0. The fourth-order valence-electron chi connectivity index (χ4n) is 3.78. The highest BCUT2D eigenvalue weighted by Crippen LogP contribution is 2.49. The van der Waals surface area contributed by atoms with Gasteiger partial charge in [0.15, 0.2) is 0 Å². The van der Waals surface area contributed by atoms with E-state index in [-0.39, 0.29) is 0 Å². The van der Waals surface area contributed by atoms with E-state index < -0.39 is 0 Å². The normalized spacial score (nSPS) is 20.3. The number of hydrogen-bond acceptors (Lipinski definition) is 2. The third kappa shape index (κ3) is 2.62. The van der Waals surface area contributed by atoms with Gasteiger partial charge in [0.05, 0.1) is 6.04 Å². The third-order valence-corrected chi connectivity index (χ3v) is 5.39. The van der Waals surface area contributed by atoms with Gasteiger partial charge in [0.1, 0.15) is 11.3 Å². The minimum absolute atomic E-state index is 0.303. The molecule has 0 aliphatic heterocycles. The molecule has 1 aromatic carbocycles. The lowest BCUT2D eigenvalue weighted by atomic mass is 9.97. The van der Waals surface area contributed by atoms with Gasteiger partial charge in [0.25, 0.3) is 0 Å². The molecule has 2 aromatic rings. The Balaban J connectivity index is 1.47. The van der Waals surface area contributed by atoms with Gasteiger partial charge in [0.2, 0.25) is 0 Å². The van der Waals surface area contributed by atoms with Crippen LogP contribution in [0.3, 0.4) is 0 Å². The molecule has 2 aliphatic rings. The summed E-state index contributed by atoms with van der Waals surface area (Å²) in [6.45, 7) is 5.58. The van der Waals surface area contributed by atoms with E-state index in [0.717, 1.165) is 35.6 Å². The molecule has 1 heterocycles. The van der Waals surface area contributed by atoms with Gasteiger partial charge >= 0.3 is 0 Å². The first-order valence-electron chi connectivity index (χ1n) is 8.45. The summed E-state index contributed by atoms with van der Waals surface area (Å²) in [5, 5.41) is 5.00. The SMILES string of the molecule is Cc1c(C(C)NCC(C2CC2)C2CC2)oc2ccccc12. The molecule has 2 nitrogen and oxygen atoms in total. The minimum Gasteiger partial charge on any atom is -0.459 e. The molecule has 0 bridgehead atoms. The second-order valence-electron chi connectivity index (χ2n) is 7.06. The Bertz CT molecular complexity index is 624. The van der Waals surface area contributed by atoms with E-state index in [4.69, 9.17) is 4.42 Å². The first-order chi connectivity index (χ1) is 10.2. The third-order valence-electron chi connectivity index (χ3n) is 5.39. The summed E-state index contributed by atoms with van der Waals surface area (Å²) in [5.74, 6) is 4.04. The Morgan fingerprint density at radius 2 is 1.81 bits per heavy atom. The van der Waals surface area contributed by atoms with Gasteiger partial charge in [-0.15, -0.1) is 0 Å². The summed E-state index contributed by atoms with van der Waals surface area (Å²) in [4.78, 5) is 0. The lowest BCUT2D eigenvalue weighted by Crippen LogP contribution is -2.28. The Kier molecular flexibility index (Phi) is 3.30. The molecule has 1 aromatic heterocycles. The van der Waals surface area contributed by atoms with Gasteiger partial charge in [-0.25, -0.2) is 0 Å². The topological polar surface area (TPSA) is 25.2 Å². The van der Waals surface area contributed by atoms with Crippen molar-refractivity contribution in [2.45, 2.75) is 45.6 Å². The Morgan fingerprint density at radius 1 is 1.14 bits per heavy atom. The summed E-state index contributed by atoms with van der Waals surface area (Å²) in [6, 6.07) is 8.65. The van der Waals surface area contributed by atoms with Gasteiger partial charge < -0.3 is 9.73 Å². The zero-order valence-electron chi connectivity index (χ0n) is 13.1. The first-order valence-corrected chi connectivity index (χ1v) is 8.45. The molecular formula is C19H25NO. The molecule has 2 saturated carbocycles. The standard InChI is InChI=1S/C19H25NO/c1-12-16-5-3-4-6-18(16)21-19(12)13(2)20-11-17(14-7-8-14)15-9-10-15/h3-6,13-15,17,20H,7-11H2,1-2H3. The maximum absolute atomic E-state index is 6.08. The highest BCUT2D eigenvalue weighted by atomic mass is 16.3. The predicted molar refractivity (Wildman–Crippen MR) is 86.3 cm³/mol. The van der Waals surface area contributed by atoms with Crippen LogP contribution in [0, 0.1) is 24.7 Å². The molecule has 112 valence electrons. The number of nitrogens with one attached hydrogen (secondary N) is 1. The van der Waals surface area contributed by atoms with Crippen LogP contribution in [0.5, 0.6) is 0 Å². The largest absolute Gasteiger partial charge is 0.459 e. The van der Waals surface area contributed by atoms with E-state index in [1.54, 1.807) is 0 Å². The van der Waals surface area contributed by atoms with E-state index in [9.17, 15) is 0 Å². The van der Waals surface area contributed by atoms with E-state index >= 15 is 0 Å². The number of aryl methyl sites for hydroxylation is 1. The van der Waals surface area contributed by atoms with Crippen LogP contribution < -0.4 is 5.32 Å². The predicted octanol–water partition coefficient (Wildman–Crippen LogP) is 4.83. The van der Waals surface area contributed by atoms with Gasteiger partial charge in [0, 0.05) is 5.39 Å². The van der Waals surface area contributed by atoms with Crippen LogP contribution in [0.15, 0.2) is 28.7 Å². The van der Waals surface area contributed by atoms with Crippen molar-refractivity contribution >= 4 is 11.0 Å². The summed E-state index contributed by atoms with van der Waals surface area (Å²) in [5.41, 5.74) is 2.31. The maximum Gasteiger partial charge on any atom is 0.134 e. The number of benzene rings is 1. The van der Waals surface area contributed by atoms with Crippen molar-refractivity contribution in [2.75, 3.05) is 6.54 Å². The molecular weight excluding hydrogens is 258 g/mol. The summed E-state index contributed by atoms with van der Waals surface area (Å²) >= 11 is 0. The van der Waals surface area contributed by atoms with Crippen molar-refractivity contribution in [3.05, 3.63) is 35.6 Å². The number of rotatable bonds is 6. The van der Waals surface area contributed by atoms with E-state index in [2.05, 4.69) is 37.4 Å². The van der Waals surface area contributed by atoms with E-state index in [0.29, 0.717) is 6.04 Å². The average Bonchev–Trinajstić information content (AvgIpc) is 3.39. The Labute approximate surface area is 126 Å². The van der Waals surface area contributed by atoms with E-state index in [1.165, 1.54) is 36.6 Å².